The summed E-state index contributed by atoms with van der Waals surface area (Å²) in [5.74, 6) is 0.237. The normalized spacial score (nSPS) is 22.6. The molecule has 0 bridgehead atoms. The maximum Gasteiger partial charge on any atom is 0.314 e. The quantitative estimate of drug-likeness (QED) is 0.859. The van der Waals surface area contributed by atoms with Gasteiger partial charge in [0.2, 0.25) is 5.91 Å². The third-order valence-corrected chi connectivity index (χ3v) is 5.47. The van der Waals surface area contributed by atoms with E-state index in [1.54, 1.807) is 16.2 Å². The maximum absolute atomic E-state index is 12.8. The van der Waals surface area contributed by atoms with Gasteiger partial charge in [-0.2, -0.15) is 0 Å². The van der Waals surface area contributed by atoms with E-state index < -0.39 is 0 Å². The molecule has 0 spiro atoms. The summed E-state index contributed by atoms with van der Waals surface area (Å²) in [4.78, 5) is 29.0. The fourth-order valence-corrected chi connectivity index (χ4v) is 4.31. The number of carbonyl (C=O) groups is 2. The molecule has 1 fully saturated rings. The molecule has 1 aliphatic heterocycles. The lowest BCUT2D eigenvalue weighted by molar-refractivity contribution is -0.133. The van der Waals surface area contributed by atoms with Gasteiger partial charge in [0.1, 0.15) is 0 Å². The van der Waals surface area contributed by atoms with Crippen LogP contribution in [-0.2, 0) is 11.2 Å². The van der Waals surface area contributed by atoms with Gasteiger partial charge in [0.15, 0.2) is 0 Å². The van der Waals surface area contributed by atoms with Crippen LogP contribution >= 0.6 is 11.3 Å². The van der Waals surface area contributed by atoms with Crippen molar-refractivity contribution in [3.8, 4) is 0 Å². The number of urea groups is 1. The highest BCUT2D eigenvalue weighted by atomic mass is 32.1. The largest absolute Gasteiger partial charge is 0.351 e. The van der Waals surface area contributed by atoms with Crippen LogP contribution in [0.2, 0.25) is 0 Å². The van der Waals surface area contributed by atoms with Crippen molar-refractivity contribution in [1.29, 1.82) is 0 Å². The molecule has 5 nitrogen and oxygen atoms in total. The number of nitrogens with two attached hydrogens (primary N) is 1. The number of aryl methyl sites for hydroxylation is 1. The summed E-state index contributed by atoms with van der Waals surface area (Å²) in [7, 11) is 0. The lowest BCUT2D eigenvalue weighted by Crippen LogP contribution is -2.41. The average Bonchev–Trinajstić information content (AvgIpc) is 2.81. The zero-order valence-corrected chi connectivity index (χ0v) is 12.9. The molecule has 0 saturated carbocycles. The van der Waals surface area contributed by atoms with Crippen molar-refractivity contribution in [3.63, 3.8) is 0 Å². The van der Waals surface area contributed by atoms with Crippen LogP contribution in [0, 0.1) is 0 Å². The number of hydrogen-bond acceptors (Lipinski definition) is 3. The number of amides is 3. The smallest absolute Gasteiger partial charge is 0.314 e. The van der Waals surface area contributed by atoms with Gasteiger partial charge in [-0.3, -0.25) is 4.79 Å². The number of hydrogen-bond donors (Lipinski definition) is 1. The zero-order valence-electron chi connectivity index (χ0n) is 12.1. The highest BCUT2D eigenvalue weighted by Gasteiger charge is 2.31. The molecule has 2 heterocycles. The maximum atomic E-state index is 12.8. The van der Waals surface area contributed by atoms with Crippen LogP contribution in [0.3, 0.4) is 0 Å². The molecule has 2 aliphatic rings. The Balaban J connectivity index is 1.70. The lowest BCUT2D eigenvalue weighted by Gasteiger charge is -2.28. The lowest BCUT2D eigenvalue weighted by atomic mass is 9.86. The van der Waals surface area contributed by atoms with Gasteiger partial charge >= 0.3 is 6.03 Å². The Labute approximate surface area is 128 Å². The molecule has 3 amide bonds. The van der Waals surface area contributed by atoms with Crippen molar-refractivity contribution in [3.05, 3.63) is 21.9 Å². The van der Waals surface area contributed by atoms with Crippen LogP contribution in [0.5, 0.6) is 0 Å². The van der Waals surface area contributed by atoms with Gasteiger partial charge < -0.3 is 15.5 Å². The molecule has 1 aliphatic carbocycles. The Hall–Kier alpha value is -1.56. The van der Waals surface area contributed by atoms with Crippen molar-refractivity contribution in [2.24, 2.45) is 5.73 Å². The predicted octanol–water partition coefficient (Wildman–Crippen LogP) is 1.78. The second-order valence-electron chi connectivity index (χ2n) is 5.75. The molecule has 6 heteroatoms. The first-order valence-electron chi connectivity index (χ1n) is 7.56. The number of primary amides is 1. The van der Waals surface area contributed by atoms with Crippen molar-refractivity contribution in [1.82, 2.24) is 9.80 Å². The zero-order chi connectivity index (χ0) is 14.8. The van der Waals surface area contributed by atoms with Crippen molar-refractivity contribution in [2.45, 2.75) is 31.6 Å². The van der Waals surface area contributed by atoms with Gasteiger partial charge in [0, 0.05) is 31.1 Å². The highest BCUT2D eigenvalue weighted by molar-refractivity contribution is 7.10. The standard InChI is InChI=1S/C15H21N3O2S/c16-15(20)18-7-2-6-17(8-9-18)14(19)12-3-1-4-13-11(12)5-10-21-13/h5,10,12H,1-4,6-9H2,(H2,16,20). The molecule has 1 unspecified atom stereocenters. The van der Waals surface area contributed by atoms with E-state index in [2.05, 4.69) is 11.4 Å². The first-order valence-corrected chi connectivity index (χ1v) is 8.44. The third kappa shape index (κ3) is 2.90. The van der Waals surface area contributed by atoms with Gasteiger partial charge in [0.05, 0.1) is 5.92 Å². The average molecular weight is 307 g/mol. The van der Waals surface area contributed by atoms with E-state index in [0.717, 1.165) is 32.2 Å². The highest BCUT2D eigenvalue weighted by Crippen LogP contribution is 2.36. The number of carbonyl (C=O) groups excluding carboxylic acids is 2. The monoisotopic (exact) mass is 307 g/mol. The summed E-state index contributed by atoms with van der Waals surface area (Å²) < 4.78 is 0. The summed E-state index contributed by atoms with van der Waals surface area (Å²) in [6.07, 6.45) is 3.94. The summed E-state index contributed by atoms with van der Waals surface area (Å²) in [5.41, 5.74) is 6.56. The van der Waals surface area contributed by atoms with Gasteiger partial charge in [0.25, 0.3) is 0 Å². The van der Waals surface area contributed by atoms with E-state index in [-0.39, 0.29) is 17.9 Å². The molecular weight excluding hydrogens is 286 g/mol. The third-order valence-electron chi connectivity index (χ3n) is 4.47. The molecule has 0 aromatic carbocycles. The van der Waals surface area contributed by atoms with E-state index in [1.807, 2.05) is 4.90 Å². The van der Waals surface area contributed by atoms with E-state index in [4.69, 9.17) is 5.73 Å². The van der Waals surface area contributed by atoms with Crippen molar-refractivity contribution in [2.75, 3.05) is 26.2 Å². The van der Waals surface area contributed by atoms with Crippen LogP contribution in [0.25, 0.3) is 0 Å². The first kappa shape index (κ1) is 14.4. The van der Waals surface area contributed by atoms with Gasteiger partial charge in [-0.05, 0) is 42.7 Å². The van der Waals surface area contributed by atoms with Crippen LogP contribution < -0.4 is 5.73 Å². The molecule has 114 valence electrons. The number of fused-ring (bicyclic) bond motifs is 1. The Morgan fingerprint density at radius 3 is 2.71 bits per heavy atom. The molecule has 2 N–H and O–H groups in total. The molecule has 1 aromatic rings. The Bertz CT molecular complexity index is 543. The van der Waals surface area contributed by atoms with Gasteiger partial charge in [-0.15, -0.1) is 11.3 Å². The van der Waals surface area contributed by atoms with Crippen LogP contribution in [0.1, 0.15) is 35.6 Å². The van der Waals surface area contributed by atoms with Gasteiger partial charge in [-0.1, -0.05) is 0 Å². The second-order valence-corrected chi connectivity index (χ2v) is 6.75. The van der Waals surface area contributed by atoms with Crippen LogP contribution in [0.15, 0.2) is 11.4 Å². The molecule has 1 saturated heterocycles. The second kappa shape index (κ2) is 6.05. The minimum absolute atomic E-state index is 0.0140. The van der Waals surface area contributed by atoms with Crippen LogP contribution in [-0.4, -0.2) is 47.9 Å². The fraction of sp³-hybridized carbons (Fsp3) is 0.600. The topological polar surface area (TPSA) is 66.6 Å². The molecule has 1 aromatic heterocycles. The summed E-state index contributed by atoms with van der Waals surface area (Å²) in [5, 5.41) is 2.09. The molecule has 1 atom stereocenters. The Kier molecular flexibility index (Phi) is 4.14. The van der Waals surface area contributed by atoms with E-state index in [0.29, 0.717) is 19.6 Å². The SMILES string of the molecule is NC(=O)N1CCCN(C(=O)C2CCCc3sccc32)CC1. The molecular formula is C15H21N3O2S. The fourth-order valence-electron chi connectivity index (χ4n) is 3.32. The molecule has 3 rings (SSSR count). The minimum atomic E-state index is -0.387. The number of thiophene rings is 1. The van der Waals surface area contributed by atoms with Crippen molar-refractivity contribution >= 4 is 23.3 Å². The Morgan fingerprint density at radius 2 is 1.90 bits per heavy atom. The van der Waals surface area contributed by atoms with Gasteiger partial charge in [-0.25, -0.2) is 4.79 Å². The predicted molar refractivity (Wildman–Crippen MR) is 82.4 cm³/mol. The minimum Gasteiger partial charge on any atom is -0.351 e. The van der Waals surface area contributed by atoms with E-state index >= 15 is 0 Å². The number of nitrogens with zero attached hydrogens (tertiary/aromatic N) is 2. The van der Waals surface area contributed by atoms with E-state index in [9.17, 15) is 9.59 Å². The van der Waals surface area contributed by atoms with Crippen LogP contribution in [0.4, 0.5) is 4.79 Å². The van der Waals surface area contributed by atoms with Crippen molar-refractivity contribution < 1.29 is 9.59 Å². The Morgan fingerprint density at radius 1 is 1.14 bits per heavy atom. The van der Waals surface area contributed by atoms with E-state index in [1.165, 1.54) is 10.4 Å². The number of rotatable bonds is 1. The molecule has 21 heavy (non-hydrogen) atoms. The summed E-state index contributed by atoms with van der Waals surface area (Å²) >= 11 is 1.76. The summed E-state index contributed by atoms with van der Waals surface area (Å²) in [6.45, 7) is 2.51. The first-order chi connectivity index (χ1) is 10.2. The summed E-state index contributed by atoms with van der Waals surface area (Å²) in [6, 6.07) is 1.72. The molecule has 0 radical (unpaired) electrons.